The highest BCUT2D eigenvalue weighted by Crippen LogP contribution is 2.11. The van der Waals surface area contributed by atoms with E-state index >= 15 is 0 Å². The first-order valence-corrected chi connectivity index (χ1v) is 5.78. The molecule has 1 saturated heterocycles. The number of hydrogen-bond donors (Lipinski definition) is 1. The smallest absolute Gasteiger partial charge is 0.227 e. The molecule has 1 amide bonds. The molecule has 94 valence electrons. The van der Waals surface area contributed by atoms with Gasteiger partial charge in [-0.25, -0.2) is 0 Å². The van der Waals surface area contributed by atoms with Gasteiger partial charge in [-0.05, 0) is 19.0 Å². The molecule has 0 saturated carbocycles. The molecular formula is C13H19ClN2O. The van der Waals surface area contributed by atoms with E-state index in [9.17, 15) is 4.79 Å². The predicted molar refractivity (Wildman–Crippen MR) is 71.4 cm³/mol. The van der Waals surface area contributed by atoms with E-state index in [0.29, 0.717) is 12.5 Å². The van der Waals surface area contributed by atoms with Gasteiger partial charge in [0.2, 0.25) is 5.91 Å². The van der Waals surface area contributed by atoms with E-state index in [1.165, 1.54) is 0 Å². The van der Waals surface area contributed by atoms with Crippen molar-refractivity contribution in [2.45, 2.75) is 18.9 Å². The van der Waals surface area contributed by atoms with Crippen LogP contribution in [0.25, 0.3) is 0 Å². The molecule has 17 heavy (non-hydrogen) atoms. The Morgan fingerprint density at radius 1 is 1.41 bits per heavy atom. The molecule has 1 N–H and O–H groups in total. The highest BCUT2D eigenvalue weighted by atomic mass is 35.5. The van der Waals surface area contributed by atoms with Crippen LogP contribution in [0, 0.1) is 0 Å². The molecule has 1 aliphatic rings. The molecule has 0 aromatic heterocycles. The minimum absolute atomic E-state index is 0. The number of likely N-dealkylation sites (N-methyl/N-ethyl adjacent to an activating group) is 1. The van der Waals surface area contributed by atoms with E-state index in [1.807, 2.05) is 42.3 Å². The molecule has 3 nitrogen and oxygen atoms in total. The molecule has 4 heteroatoms. The Hall–Kier alpha value is -1.06. The van der Waals surface area contributed by atoms with Gasteiger partial charge in [-0.15, -0.1) is 12.4 Å². The number of carbonyl (C=O) groups is 1. The lowest BCUT2D eigenvalue weighted by Gasteiger charge is -2.16. The maximum atomic E-state index is 12.0. The van der Waals surface area contributed by atoms with Crippen LogP contribution in [-0.2, 0) is 11.2 Å². The Kier molecular flexibility index (Phi) is 5.45. The first-order valence-electron chi connectivity index (χ1n) is 5.78. The monoisotopic (exact) mass is 254 g/mol. The highest BCUT2D eigenvalue weighted by Gasteiger charge is 2.24. The SMILES string of the molecule is CNC1CCN(C(=O)Cc2ccccc2)C1.Cl. The Labute approximate surface area is 109 Å². The van der Waals surface area contributed by atoms with Crippen molar-refractivity contribution in [2.24, 2.45) is 0 Å². The van der Waals surface area contributed by atoms with E-state index in [2.05, 4.69) is 5.32 Å². The lowest BCUT2D eigenvalue weighted by molar-refractivity contribution is -0.129. The van der Waals surface area contributed by atoms with Gasteiger partial charge >= 0.3 is 0 Å². The molecule has 1 unspecified atom stereocenters. The third-order valence-electron chi connectivity index (χ3n) is 3.15. The largest absolute Gasteiger partial charge is 0.341 e. The number of hydrogen-bond acceptors (Lipinski definition) is 2. The number of rotatable bonds is 3. The van der Waals surface area contributed by atoms with Crippen LogP contribution in [0.5, 0.6) is 0 Å². The molecule has 0 bridgehead atoms. The first-order chi connectivity index (χ1) is 7.79. The molecule has 1 fully saturated rings. The zero-order valence-electron chi connectivity index (χ0n) is 10.1. The zero-order chi connectivity index (χ0) is 11.4. The van der Waals surface area contributed by atoms with Gasteiger partial charge < -0.3 is 10.2 Å². The van der Waals surface area contributed by atoms with Crippen molar-refractivity contribution in [3.63, 3.8) is 0 Å². The van der Waals surface area contributed by atoms with Gasteiger partial charge in [-0.2, -0.15) is 0 Å². The molecule has 1 aromatic carbocycles. The number of benzene rings is 1. The van der Waals surface area contributed by atoms with E-state index < -0.39 is 0 Å². The van der Waals surface area contributed by atoms with Gasteiger partial charge in [-0.1, -0.05) is 30.3 Å². The molecule has 1 aromatic rings. The summed E-state index contributed by atoms with van der Waals surface area (Å²) < 4.78 is 0. The predicted octanol–water partition coefficient (Wildman–Crippen LogP) is 1.47. The molecule has 0 spiro atoms. The summed E-state index contributed by atoms with van der Waals surface area (Å²) in [6.07, 6.45) is 1.59. The summed E-state index contributed by atoms with van der Waals surface area (Å²) in [6.45, 7) is 1.74. The van der Waals surface area contributed by atoms with Gasteiger partial charge in [0, 0.05) is 19.1 Å². The van der Waals surface area contributed by atoms with Crippen molar-refractivity contribution in [3.05, 3.63) is 35.9 Å². The third-order valence-corrected chi connectivity index (χ3v) is 3.15. The van der Waals surface area contributed by atoms with Gasteiger partial charge in [0.25, 0.3) is 0 Å². The van der Waals surface area contributed by atoms with Crippen molar-refractivity contribution >= 4 is 18.3 Å². The first kappa shape index (κ1) is 14.0. The van der Waals surface area contributed by atoms with Crippen LogP contribution in [0.1, 0.15) is 12.0 Å². The summed E-state index contributed by atoms with van der Waals surface area (Å²) in [7, 11) is 1.95. The summed E-state index contributed by atoms with van der Waals surface area (Å²) >= 11 is 0. The van der Waals surface area contributed by atoms with Crippen LogP contribution in [0.15, 0.2) is 30.3 Å². The van der Waals surface area contributed by atoms with Crippen LogP contribution < -0.4 is 5.32 Å². The highest BCUT2D eigenvalue weighted by molar-refractivity contribution is 5.85. The summed E-state index contributed by atoms with van der Waals surface area (Å²) in [5, 5.41) is 3.22. The maximum Gasteiger partial charge on any atom is 0.227 e. The second-order valence-corrected chi connectivity index (χ2v) is 4.28. The van der Waals surface area contributed by atoms with Crippen molar-refractivity contribution in [2.75, 3.05) is 20.1 Å². The second kappa shape index (κ2) is 6.62. The van der Waals surface area contributed by atoms with E-state index in [4.69, 9.17) is 0 Å². The van der Waals surface area contributed by atoms with Gasteiger partial charge in [0.05, 0.1) is 6.42 Å². The third kappa shape index (κ3) is 3.72. The molecule has 2 rings (SSSR count). The number of likely N-dealkylation sites (tertiary alicyclic amines) is 1. The fourth-order valence-corrected chi connectivity index (χ4v) is 2.10. The van der Waals surface area contributed by atoms with Crippen molar-refractivity contribution < 1.29 is 4.79 Å². The molecular weight excluding hydrogens is 236 g/mol. The van der Waals surface area contributed by atoms with Crippen LogP contribution >= 0.6 is 12.4 Å². The Morgan fingerprint density at radius 2 is 2.12 bits per heavy atom. The fraction of sp³-hybridized carbons (Fsp3) is 0.462. The zero-order valence-corrected chi connectivity index (χ0v) is 10.9. The van der Waals surface area contributed by atoms with E-state index in [-0.39, 0.29) is 18.3 Å². The number of amides is 1. The van der Waals surface area contributed by atoms with Crippen molar-refractivity contribution in [1.82, 2.24) is 10.2 Å². The summed E-state index contributed by atoms with van der Waals surface area (Å²) in [4.78, 5) is 13.9. The molecule has 1 heterocycles. The van der Waals surface area contributed by atoms with Crippen molar-refractivity contribution in [1.29, 1.82) is 0 Å². The summed E-state index contributed by atoms with van der Waals surface area (Å²) in [6, 6.07) is 10.4. The van der Waals surface area contributed by atoms with E-state index in [0.717, 1.165) is 25.1 Å². The standard InChI is InChI=1S/C13H18N2O.ClH/c1-14-12-7-8-15(10-12)13(16)9-11-5-3-2-4-6-11;/h2-6,12,14H,7-10H2,1H3;1H. The van der Waals surface area contributed by atoms with Crippen LogP contribution in [-0.4, -0.2) is 37.0 Å². The number of carbonyl (C=O) groups excluding carboxylic acids is 1. The Morgan fingerprint density at radius 3 is 2.71 bits per heavy atom. The van der Waals surface area contributed by atoms with Gasteiger partial charge in [-0.3, -0.25) is 4.79 Å². The average Bonchev–Trinajstić information content (AvgIpc) is 2.79. The summed E-state index contributed by atoms with van der Waals surface area (Å²) in [5.74, 6) is 0.240. The average molecular weight is 255 g/mol. The second-order valence-electron chi connectivity index (χ2n) is 4.28. The van der Waals surface area contributed by atoms with Crippen LogP contribution in [0.3, 0.4) is 0 Å². The maximum absolute atomic E-state index is 12.0. The van der Waals surface area contributed by atoms with Crippen LogP contribution in [0.4, 0.5) is 0 Å². The number of halogens is 1. The van der Waals surface area contributed by atoms with Gasteiger partial charge in [0.1, 0.15) is 0 Å². The van der Waals surface area contributed by atoms with Gasteiger partial charge in [0.15, 0.2) is 0 Å². The molecule has 1 aliphatic heterocycles. The van der Waals surface area contributed by atoms with Crippen molar-refractivity contribution in [3.8, 4) is 0 Å². The Bertz CT molecular complexity index is 356. The fourth-order valence-electron chi connectivity index (χ4n) is 2.10. The topological polar surface area (TPSA) is 32.3 Å². The van der Waals surface area contributed by atoms with Crippen LogP contribution in [0.2, 0.25) is 0 Å². The van der Waals surface area contributed by atoms with E-state index in [1.54, 1.807) is 0 Å². The minimum atomic E-state index is 0. The number of nitrogens with one attached hydrogen (secondary N) is 1. The lowest BCUT2D eigenvalue weighted by Crippen LogP contribution is -2.34. The number of nitrogens with zero attached hydrogens (tertiary/aromatic N) is 1. The normalized spacial score (nSPS) is 18.9. The quantitative estimate of drug-likeness (QED) is 0.886. The lowest BCUT2D eigenvalue weighted by atomic mass is 10.1. The minimum Gasteiger partial charge on any atom is -0.341 e. The molecule has 0 radical (unpaired) electrons. The molecule has 1 atom stereocenters. The molecule has 0 aliphatic carbocycles. The summed E-state index contributed by atoms with van der Waals surface area (Å²) in [5.41, 5.74) is 1.10. The Balaban J connectivity index is 0.00000144.